The van der Waals surface area contributed by atoms with Crippen molar-refractivity contribution in [2.24, 2.45) is 34.5 Å². The maximum atomic E-state index is 5.78. The number of thiazole rings is 1. The normalized spacial score (nSPS) is 44.9. The van der Waals surface area contributed by atoms with Gasteiger partial charge in [0, 0.05) is 13.3 Å². The van der Waals surface area contributed by atoms with Gasteiger partial charge in [0.2, 0.25) is 0 Å². The molecule has 7 atom stereocenters. The van der Waals surface area contributed by atoms with Crippen molar-refractivity contribution >= 4 is 16.9 Å². The molecule has 2 unspecified atom stereocenters. The molecular formula is C25H35NOS. The number of ether oxygens (including phenoxy) is 1. The Bertz CT molecular complexity index is 795. The van der Waals surface area contributed by atoms with Gasteiger partial charge in [-0.05, 0) is 85.0 Å². The van der Waals surface area contributed by atoms with Gasteiger partial charge >= 0.3 is 0 Å². The van der Waals surface area contributed by atoms with E-state index in [0.29, 0.717) is 16.9 Å². The van der Waals surface area contributed by atoms with E-state index in [0.717, 1.165) is 23.7 Å². The van der Waals surface area contributed by atoms with Crippen LogP contribution in [0.3, 0.4) is 0 Å². The molecule has 0 spiro atoms. The summed E-state index contributed by atoms with van der Waals surface area (Å²) in [6.07, 6.45) is 16.8. The fourth-order valence-corrected chi connectivity index (χ4v) is 8.48. The van der Waals surface area contributed by atoms with Crippen LogP contribution in [0.25, 0.3) is 5.57 Å². The third kappa shape index (κ3) is 2.58. The lowest BCUT2D eigenvalue weighted by molar-refractivity contribution is -0.0507. The van der Waals surface area contributed by atoms with Crippen LogP contribution in [0.5, 0.6) is 0 Å². The molecule has 0 N–H and O–H groups in total. The molecule has 4 aliphatic carbocycles. The number of nitrogens with zero attached hydrogens (tertiary/aromatic N) is 1. The molecule has 0 bridgehead atoms. The van der Waals surface area contributed by atoms with Crippen LogP contribution in [-0.4, -0.2) is 18.2 Å². The topological polar surface area (TPSA) is 22.1 Å². The van der Waals surface area contributed by atoms with E-state index in [9.17, 15) is 0 Å². The standard InChI is InChI=1S/C25H35NOS/c1-5-16-12-17-13-18(27-4)8-10-24(17,2)21-9-11-25(3)19(22-14-26-15-28-22)6-7-20(25)23(16)21/h6,12,14-16,18,20-21,23H,5,7-11,13H2,1-4H3/t16?,18?,20-,21+,23-,24-,25+/m0/s1. The van der Waals surface area contributed by atoms with Crippen molar-refractivity contribution in [1.29, 1.82) is 0 Å². The molecule has 5 rings (SSSR count). The Kier molecular flexibility index (Phi) is 4.63. The molecule has 0 amide bonds. The van der Waals surface area contributed by atoms with E-state index < -0.39 is 0 Å². The average Bonchev–Trinajstić information content (AvgIpc) is 3.33. The summed E-state index contributed by atoms with van der Waals surface area (Å²) in [5.41, 5.74) is 6.08. The molecule has 1 aromatic heterocycles. The Labute approximate surface area is 174 Å². The Morgan fingerprint density at radius 2 is 2.00 bits per heavy atom. The lowest BCUT2D eigenvalue weighted by Gasteiger charge is -2.60. The first-order valence-corrected chi connectivity index (χ1v) is 12.2. The van der Waals surface area contributed by atoms with Gasteiger partial charge < -0.3 is 4.74 Å². The summed E-state index contributed by atoms with van der Waals surface area (Å²) in [5, 5.41) is 0. The fourth-order valence-electron chi connectivity index (χ4n) is 7.68. The van der Waals surface area contributed by atoms with Gasteiger partial charge in [-0.15, -0.1) is 11.3 Å². The summed E-state index contributed by atoms with van der Waals surface area (Å²) < 4.78 is 5.78. The predicted molar refractivity (Wildman–Crippen MR) is 117 cm³/mol. The maximum Gasteiger partial charge on any atom is 0.0797 e. The minimum absolute atomic E-state index is 0.340. The first-order chi connectivity index (χ1) is 13.5. The van der Waals surface area contributed by atoms with E-state index in [1.807, 2.05) is 24.0 Å². The van der Waals surface area contributed by atoms with Crippen LogP contribution in [0, 0.1) is 34.5 Å². The Hall–Kier alpha value is -0.930. The number of hydrogen-bond acceptors (Lipinski definition) is 3. The quantitative estimate of drug-likeness (QED) is 0.526. The van der Waals surface area contributed by atoms with E-state index in [-0.39, 0.29) is 0 Å². The van der Waals surface area contributed by atoms with Gasteiger partial charge in [0.25, 0.3) is 0 Å². The smallest absolute Gasteiger partial charge is 0.0797 e. The fraction of sp³-hybridized carbons (Fsp3) is 0.720. The monoisotopic (exact) mass is 397 g/mol. The second-order valence-electron chi connectivity index (χ2n) is 10.2. The predicted octanol–water partition coefficient (Wildman–Crippen LogP) is 6.75. The molecular weight excluding hydrogens is 362 g/mol. The minimum Gasteiger partial charge on any atom is -0.381 e. The minimum atomic E-state index is 0.340. The average molecular weight is 398 g/mol. The molecule has 2 saturated carbocycles. The molecule has 2 fully saturated rings. The van der Waals surface area contributed by atoms with E-state index in [1.54, 1.807) is 11.1 Å². The summed E-state index contributed by atoms with van der Waals surface area (Å²) in [4.78, 5) is 5.80. The van der Waals surface area contributed by atoms with Crippen molar-refractivity contribution < 1.29 is 4.74 Å². The number of fused-ring (bicyclic) bond motifs is 5. The number of rotatable bonds is 3. The zero-order valence-electron chi connectivity index (χ0n) is 17.9. The third-order valence-electron chi connectivity index (χ3n) is 9.31. The van der Waals surface area contributed by atoms with Crippen LogP contribution in [-0.2, 0) is 4.74 Å². The van der Waals surface area contributed by atoms with Gasteiger partial charge in [0.05, 0.1) is 16.5 Å². The highest BCUT2D eigenvalue weighted by Crippen LogP contribution is 2.67. The van der Waals surface area contributed by atoms with Crippen LogP contribution < -0.4 is 0 Å². The second kappa shape index (κ2) is 6.80. The van der Waals surface area contributed by atoms with Crippen LogP contribution in [0.15, 0.2) is 29.4 Å². The SMILES string of the molecule is CCC1C=C2CC(OC)CC[C@]2(C)[C@@H]2CC[C@]3(C)C(c4cncs4)=CC[C@H]3[C@H]12. The molecule has 28 heavy (non-hydrogen) atoms. The highest BCUT2D eigenvalue weighted by molar-refractivity contribution is 7.10. The number of hydrogen-bond donors (Lipinski definition) is 0. The Morgan fingerprint density at radius 3 is 2.71 bits per heavy atom. The number of aromatic nitrogens is 1. The van der Waals surface area contributed by atoms with Crippen LogP contribution in [0.4, 0.5) is 0 Å². The van der Waals surface area contributed by atoms with Gasteiger partial charge in [-0.2, -0.15) is 0 Å². The summed E-state index contributed by atoms with van der Waals surface area (Å²) in [6, 6.07) is 0. The van der Waals surface area contributed by atoms with E-state index in [2.05, 4.69) is 44.1 Å². The number of allylic oxidation sites excluding steroid dienone is 3. The van der Waals surface area contributed by atoms with Crippen molar-refractivity contribution in [2.45, 2.75) is 71.8 Å². The summed E-state index contributed by atoms with van der Waals surface area (Å²) in [5.74, 6) is 3.21. The highest BCUT2D eigenvalue weighted by atomic mass is 32.1. The van der Waals surface area contributed by atoms with Crippen LogP contribution in [0.1, 0.15) is 70.6 Å². The van der Waals surface area contributed by atoms with E-state index in [1.165, 1.54) is 49.8 Å². The van der Waals surface area contributed by atoms with Gasteiger partial charge in [-0.25, -0.2) is 0 Å². The zero-order chi connectivity index (χ0) is 19.5. The van der Waals surface area contributed by atoms with Crippen molar-refractivity contribution in [3.8, 4) is 0 Å². The largest absolute Gasteiger partial charge is 0.381 e. The van der Waals surface area contributed by atoms with Crippen LogP contribution >= 0.6 is 11.3 Å². The third-order valence-corrected chi connectivity index (χ3v) is 10.1. The number of methoxy groups -OCH3 is 1. The molecule has 0 aliphatic heterocycles. The molecule has 2 nitrogen and oxygen atoms in total. The van der Waals surface area contributed by atoms with E-state index in [4.69, 9.17) is 4.74 Å². The van der Waals surface area contributed by atoms with E-state index >= 15 is 0 Å². The highest BCUT2D eigenvalue weighted by Gasteiger charge is 2.58. The lowest BCUT2D eigenvalue weighted by Crippen LogP contribution is -2.52. The van der Waals surface area contributed by atoms with Crippen molar-refractivity contribution in [3.63, 3.8) is 0 Å². The lowest BCUT2D eigenvalue weighted by atomic mass is 9.45. The Balaban J connectivity index is 1.52. The van der Waals surface area contributed by atoms with Crippen molar-refractivity contribution in [3.05, 3.63) is 34.3 Å². The summed E-state index contributed by atoms with van der Waals surface area (Å²) >= 11 is 1.83. The molecule has 0 radical (unpaired) electrons. The van der Waals surface area contributed by atoms with Gasteiger partial charge in [0.1, 0.15) is 0 Å². The molecule has 1 heterocycles. The van der Waals surface area contributed by atoms with Crippen molar-refractivity contribution in [1.82, 2.24) is 4.98 Å². The summed E-state index contributed by atoms with van der Waals surface area (Å²) in [6.45, 7) is 7.59. The van der Waals surface area contributed by atoms with Gasteiger partial charge in [-0.3, -0.25) is 4.98 Å². The van der Waals surface area contributed by atoms with Gasteiger partial charge in [-0.1, -0.05) is 38.5 Å². The van der Waals surface area contributed by atoms with Crippen LogP contribution in [0.2, 0.25) is 0 Å². The molecule has 0 saturated heterocycles. The van der Waals surface area contributed by atoms with Gasteiger partial charge in [0.15, 0.2) is 0 Å². The molecule has 0 aromatic carbocycles. The first-order valence-electron chi connectivity index (χ1n) is 11.3. The summed E-state index contributed by atoms with van der Waals surface area (Å²) in [7, 11) is 1.90. The molecule has 4 aliphatic rings. The van der Waals surface area contributed by atoms with Crippen molar-refractivity contribution in [2.75, 3.05) is 7.11 Å². The first kappa shape index (κ1) is 19.1. The second-order valence-corrected chi connectivity index (χ2v) is 11.1. The maximum absolute atomic E-state index is 5.78. The Morgan fingerprint density at radius 1 is 1.18 bits per heavy atom. The molecule has 3 heteroatoms. The zero-order valence-corrected chi connectivity index (χ0v) is 18.7. The molecule has 152 valence electrons. The molecule has 1 aromatic rings.